The summed E-state index contributed by atoms with van der Waals surface area (Å²) in [5.41, 5.74) is 10.7. The number of hydroxylamine groups is 2. The summed E-state index contributed by atoms with van der Waals surface area (Å²) in [6.07, 6.45) is 2.68. The van der Waals surface area contributed by atoms with E-state index in [9.17, 15) is 19.5 Å². The molecule has 5 atom stereocenters. The van der Waals surface area contributed by atoms with Crippen LogP contribution in [0.3, 0.4) is 0 Å². The van der Waals surface area contributed by atoms with Crippen LogP contribution in [-0.2, 0) is 34.3 Å². The van der Waals surface area contributed by atoms with Gasteiger partial charge < -0.3 is 9.84 Å². The van der Waals surface area contributed by atoms with E-state index in [2.05, 4.69) is 10.0 Å². The minimum atomic E-state index is -0.997. The molecule has 2 aliphatic heterocycles. The zero-order chi connectivity index (χ0) is 30.2. The first-order valence-electron chi connectivity index (χ1n) is 14.3. The van der Waals surface area contributed by atoms with Gasteiger partial charge in [-0.25, -0.2) is 23.5 Å². The molecule has 1 aliphatic carbocycles. The van der Waals surface area contributed by atoms with Crippen molar-refractivity contribution in [1.82, 2.24) is 19.0 Å². The Morgan fingerprint density at radius 2 is 1.74 bits per heavy atom. The van der Waals surface area contributed by atoms with Gasteiger partial charge in [-0.1, -0.05) is 65.8 Å². The Balaban J connectivity index is 1.38. The second-order valence-corrected chi connectivity index (χ2v) is 11.3. The minimum absolute atomic E-state index is 0.124. The van der Waals surface area contributed by atoms with Crippen LogP contribution in [-0.4, -0.2) is 62.0 Å². The number of methoxy groups -OCH3 is 1. The summed E-state index contributed by atoms with van der Waals surface area (Å²) in [6, 6.07) is 14.2. The summed E-state index contributed by atoms with van der Waals surface area (Å²) in [6.45, 7) is 0.161. The fraction of sp³-hybridized carbons (Fsp3) is 0.433. The average molecular weight is 588 g/mol. The summed E-state index contributed by atoms with van der Waals surface area (Å²) in [7, 11) is 2.76. The number of aliphatic hydroxyl groups is 1. The zero-order valence-electron chi connectivity index (χ0n) is 23.9. The van der Waals surface area contributed by atoms with Crippen LogP contribution < -0.4 is 11.4 Å². The van der Waals surface area contributed by atoms with Crippen molar-refractivity contribution in [2.24, 2.45) is 18.1 Å². The molecule has 13 heteroatoms. The molecule has 0 spiro atoms. The number of carbonyl (C=O) groups is 1. The van der Waals surface area contributed by atoms with Gasteiger partial charge in [-0.2, -0.15) is 5.06 Å². The lowest BCUT2D eigenvalue weighted by Gasteiger charge is -2.45. The Morgan fingerprint density at radius 1 is 1.07 bits per heavy atom. The van der Waals surface area contributed by atoms with E-state index >= 15 is 0 Å². The van der Waals surface area contributed by atoms with Crippen LogP contribution in [0, 0.1) is 5.92 Å². The lowest BCUT2D eigenvalue weighted by molar-refractivity contribution is -0.252. The number of aromatic nitrogens is 3. The first-order chi connectivity index (χ1) is 20.8. The standard InChI is InChI=1S/C30H33N7O6/c1-34-29(40)36-23(25(38)15-18-6-4-3-5-7-18)16-21-17-35(43-27(20-10-11-20)26(21)37(36)30(34)41)24(28(39)42-2)14-19-8-12-22(13-9-19)32-33-31/h3-9,12-13,16,20,23-27,38H,10-11,14-15,17H2,1-2H3/t23-,24+,25+,26+,27-/m1/s1. The molecule has 1 aromatic heterocycles. The molecule has 13 nitrogen and oxygen atoms in total. The fourth-order valence-electron chi connectivity index (χ4n) is 6.19. The highest BCUT2D eigenvalue weighted by Crippen LogP contribution is 2.46. The molecule has 0 bridgehead atoms. The van der Waals surface area contributed by atoms with E-state index in [0.29, 0.717) is 5.69 Å². The molecule has 3 heterocycles. The predicted octanol–water partition coefficient (Wildman–Crippen LogP) is 2.73. The van der Waals surface area contributed by atoms with Gasteiger partial charge >= 0.3 is 17.3 Å². The van der Waals surface area contributed by atoms with Gasteiger partial charge in [0.1, 0.15) is 24.2 Å². The molecule has 0 amide bonds. The van der Waals surface area contributed by atoms with Crippen LogP contribution in [0.2, 0.25) is 0 Å². The smallest absolute Gasteiger partial charge is 0.347 e. The van der Waals surface area contributed by atoms with Gasteiger partial charge in [-0.15, -0.1) is 0 Å². The van der Waals surface area contributed by atoms with Crippen LogP contribution in [0.4, 0.5) is 5.69 Å². The number of hydrogen-bond acceptors (Lipinski definition) is 8. The van der Waals surface area contributed by atoms with Gasteiger partial charge in [-0.05, 0) is 41.0 Å². The molecule has 1 saturated carbocycles. The van der Waals surface area contributed by atoms with Crippen molar-refractivity contribution in [3.63, 3.8) is 0 Å². The number of ether oxygens (including phenoxy) is 1. The third-order valence-corrected chi connectivity index (χ3v) is 8.53. The fourth-order valence-corrected chi connectivity index (χ4v) is 6.19. The van der Waals surface area contributed by atoms with Crippen molar-refractivity contribution in [2.75, 3.05) is 13.7 Å². The Kier molecular flexibility index (Phi) is 7.80. The van der Waals surface area contributed by atoms with Crippen LogP contribution in [0.1, 0.15) is 36.1 Å². The van der Waals surface area contributed by atoms with E-state index in [0.717, 1.165) is 34.1 Å². The molecule has 224 valence electrons. The number of rotatable bonds is 9. The number of azide groups is 1. The molecule has 3 aromatic rings. The molecule has 3 aliphatic rings. The molecular weight excluding hydrogens is 554 g/mol. The van der Waals surface area contributed by atoms with E-state index in [1.807, 2.05) is 36.4 Å². The third-order valence-electron chi connectivity index (χ3n) is 8.53. The van der Waals surface area contributed by atoms with Gasteiger partial charge in [0.2, 0.25) is 0 Å². The quantitative estimate of drug-likeness (QED) is 0.133. The number of aliphatic hydroxyl groups excluding tert-OH is 1. The van der Waals surface area contributed by atoms with E-state index in [4.69, 9.17) is 15.1 Å². The average Bonchev–Trinajstić information content (AvgIpc) is 3.85. The highest BCUT2D eigenvalue weighted by Gasteiger charge is 2.50. The van der Waals surface area contributed by atoms with Crippen LogP contribution in [0.25, 0.3) is 10.4 Å². The maximum absolute atomic E-state index is 13.5. The maximum Gasteiger partial charge on any atom is 0.347 e. The van der Waals surface area contributed by atoms with E-state index in [1.165, 1.54) is 23.5 Å². The summed E-state index contributed by atoms with van der Waals surface area (Å²) >= 11 is 0. The molecule has 6 rings (SSSR count). The van der Waals surface area contributed by atoms with E-state index in [1.54, 1.807) is 29.3 Å². The molecule has 0 unspecified atom stereocenters. The minimum Gasteiger partial charge on any atom is -0.468 e. The second kappa shape index (κ2) is 11.7. The Bertz CT molecular complexity index is 1700. The molecule has 2 fully saturated rings. The lowest BCUT2D eigenvalue weighted by Crippen LogP contribution is -2.56. The number of nitrogens with zero attached hydrogens (tertiary/aromatic N) is 7. The molecule has 1 saturated heterocycles. The van der Waals surface area contributed by atoms with Gasteiger partial charge in [0.05, 0.1) is 13.2 Å². The third kappa shape index (κ3) is 5.43. The molecule has 1 N–H and O–H groups in total. The van der Waals surface area contributed by atoms with Gasteiger partial charge in [0.15, 0.2) is 0 Å². The Hall–Kier alpha value is -4.42. The summed E-state index contributed by atoms with van der Waals surface area (Å²) in [4.78, 5) is 49.3. The summed E-state index contributed by atoms with van der Waals surface area (Å²) in [5.74, 6) is -0.364. The monoisotopic (exact) mass is 587 g/mol. The number of hydrogen-bond donors (Lipinski definition) is 1. The topological polar surface area (TPSA) is 157 Å². The number of carbonyl (C=O) groups excluding carboxylic acids is 1. The number of esters is 1. The lowest BCUT2D eigenvalue weighted by atomic mass is 9.90. The van der Waals surface area contributed by atoms with Crippen LogP contribution >= 0.6 is 0 Å². The Morgan fingerprint density at radius 3 is 2.40 bits per heavy atom. The van der Waals surface area contributed by atoms with Crippen molar-refractivity contribution in [2.45, 2.75) is 56.0 Å². The van der Waals surface area contributed by atoms with Gasteiger partial charge in [0.25, 0.3) is 0 Å². The predicted molar refractivity (Wildman–Crippen MR) is 155 cm³/mol. The van der Waals surface area contributed by atoms with Crippen LogP contribution in [0.5, 0.6) is 0 Å². The largest absolute Gasteiger partial charge is 0.468 e. The van der Waals surface area contributed by atoms with Gasteiger partial charge in [0, 0.05) is 37.0 Å². The van der Waals surface area contributed by atoms with Crippen molar-refractivity contribution >= 4 is 11.7 Å². The Labute approximate surface area is 246 Å². The normalized spacial score (nSPS) is 22.9. The first-order valence-corrected chi connectivity index (χ1v) is 14.3. The van der Waals surface area contributed by atoms with Crippen molar-refractivity contribution in [3.8, 4) is 0 Å². The highest BCUT2D eigenvalue weighted by atomic mass is 16.7. The molecule has 2 aromatic carbocycles. The number of benzene rings is 2. The zero-order valence-corrected chi connectivity index (χ0v) is 23.9. The van der Waals surface area contributed by atoms with Crippen molar-refractivity contribution in [1.29, 1.82) is 0 Å². The molecule has 0 radical (unpaired) electrons. The summed E-state index contributed by atoms with van der Waals surface area (Å²) in [5, 5.41) is 16.7. The van der Waals surface area contributed by atoms with Crippen molar-refractivity contribution in [3.05, 3.63) is 109 Å². The van der Waals surface area contributed by atoms with E-state index in [-0.39, 0.29) is 25.3 Å². The van der Waals surface area contributed by atoms with Gasteiger partial charge in [-0.3, -0.25) is 9.63 Å². The molecular formula is C30H33N7O6. The maximum atomic E-state index is 13.5. The highest BCUT2D eigenvalue weighted by molar-refractivity contribution is 5.76. The summed E-state index contributed by atoms with van der Waals surface area (Å²) < 4.78 is 9.04. The van der Waals surface area contributed by atoms with Crippen LogP contribution in [0.15, 0.2) is 80.9 Å². The first kappa shape index (κ1) is 28.7. The number of fused-ring (bicyclic) bond motifs is 3. The molecule has 43 heavy (non-hydrogen) atoms. The SMILES string of the molecule is COC(=O)[C@H](Cc1ccc(N=[N+]=[N-])cc1)N1CC2=C[C@H]([C@@H](O)Cc3ccccc3)n3c(=O)n(C)c(=O)n3[C@@H]2[C@@H](C2CC2)O1. The van der Waals surface area contributed by atoms with Crippen molar-refractivity contribution < 1.29 is 19.5 Å². The second-order valence-electron chi connectivity index (χ2n) is 11.3. The van der Waals surface area contributed by atoms with E-state index < -0.39 is 47.7 Å².